The van der Waals surface area contributed by atoms with Gasteiger partial charge in [0.05, 0.1) is 0 Å². The minimum absolute atomic E-state index is 0.885. The van der Waals surface area contributed by atoms with Crippen LogP contribution in [0.3, 0.4) is 0 Å². The van der Waals surface area contributed by atoms with Crippen LogP contribution >= 0.6 is 11.3 Å². The molecular weight excluding hydrogens is 703 g/mol. The number of anilines is 2. The minimum atomic E-state index is 0.885. The highest BCUT2D eigenvalue weighted by atomic mass is 32.1. The molecule has 0 atom stereocenters. The molecule has 0 bridgehead atoms. The maximum Gasteiger partial charge on any atom is 0.143 e. The fourth-order valence-electron chi connectivity index (χ4n) is 8.57. The van der Waals surface area contributed by atoms with Crippen molar-refractivity contribution in [1.82, 2.24) is 0 Å². The summed E-state index contributed by atoms with van der Waals surface area (Å²) in [6, 6.07) is 64.8. The highest BCUT2D eigenvalue weighted by Gasteiger charge is 2.18. The Morgan fingerprint density at radius 2 is 0.982 bits per heavy atom. The van der Waals surface area contributed by atoms with Crippen LogP contribution in [0, 0.1) is 0 Å². The lowest BCUT2D eigenvalue weighted by Gasteiger charge is -2.12. The van der Waals surface area contributed by atoms with Crippen LogP contribution in [0.25, 0.3) is 108 Å². The topological polar surface area (TPSA) is 38.3 Å². The van der Waals surface area contributed by atoms with Gasteiger partial charge < -0.3 is 14.2 Å². The molecule has 3 aromatic heterocycles. The van der Waals surface area contributed by atoms with Crippen molar-refractivity contribution in [3.63, 3.8) is 0 Å². The number of furan rings is 2. The van der Waals surface area contributed by atoms with E-state index in [0.29, 0.717) is 0 Å². The molecule has 0 amide bonds. The van der Waals surface area contributed by atoms with E-state index in [4.69, 9.17) is 8.83 Å². The van der Waals surface area contributed by atoms with Crippen molar-refractivity contribution in [1.29, 1.82) is 0 Å². The van der Waals surface area contributed by atoms with Crippen LogP contribution in [-0.2, 0) is 0 Å². The fourth-order valence-corrected chi connectivity index (χ4v) is 9.81. The number of hydrogen-bond acceptors (Lipinski definition) is 4. The molecule has 0 unspecified atom stereocenters. The highest BCUT2D eigenvalue weighted by Crippen LogP contribution is 2.44. The molecule has 9 aromatic carbocycles. The Morgan fingerprint density at radius 1 is 0.357 bits per heavy atom. The first-order valence-electron chi connectivity index (χ1n) is 18.9. The summed E-state index contributed by atoms with van der Waals surface area (Å²) in [5.41, 5.74) is 12.4. The monoisotopic (exact) mass is 733 g/mol. The summed E-state index contributed by atoms with van der Waals surface area (Å²) in [6.07, 6.45) is 0. The maximum atomic E-state index is 6.85. The van der Waals surface area contributed by atoms with E-state index < -0.39 is 0 Å². The second kappa shape index (κ2) is 12.2. The number of nitrogens with one attached hydrogen (secondary N) is 1. The van der Waals surface area contributed by atoms with Crippen LogP contribution < -0.4 is 5.32 Å². The molecule has 3 nitrogen and oxygen atoms in total. The van der Waals surface area contributed by atoms with Crippen molar-refractivity contribution in [2.45, 2.75) is 0 Å². The van der Waals surface area contributed by atoms with Crippen molar-refractivity contribution in [2.75, 3.05) is 5.32 Å². The molecule has 12 rings (SSSR count). The number of benzene rings is 9. The number of fused-ring (bicyclic) bond motifs is 11. The second-order valence-electron chi connectivity index (χ2n) is 14.5. The van der Waals surface area contributed by atoms with Gasteiger partial charge in [0.15, 0.2) is 0 Å². The van der Waals surface area contributed by atoms with Gasteiger partial charge in [-0.2, -0.15) is 0 Å². The SMILES string of the molecule is c1ccc2c(c1)ccc1c3cc(Nc4ccc(-c5cccc6c5oc5ccccc56)cc4)cc(-c4ccc(-c5cccc6c5sc5ccccc56)cc4)c3oc21. The van der Waals surface area contributed by atoms with Crippen molar-refractivity contribution in [3.05, 3.63) is 182 Å². The molecule has 4 heteroatoms. The van der Waals surface area contributed by atoms with Gasteiger partial charge in [-0.25, -0.2) is 0 Å². The molecule has 0 saturated carbocycles. The Hall–Kier alpha value is -7.14. The van der Waals surface area contributed by atoms with E-state index in [0.717, 1.165) is 88.3 Å². The van der Waals surface area contributed by atoms with Crippen molar-refractivity contribution < 1.29 is 8.83 Å². The average Bonchev–Trinajstić information content (AvgIpc) is 3.95. The molecule has 262 valence electrons. The summed E-state index contributed by atoms with van der Waals surface area (Å²) in [5, 5.41) is 13.1. The highest BCUT2D eigenvalue weighted by molar-refractivity contribution is 7.26. The second-order valence-corrected chi connectivity index (χ2v) is 15.6. The molecule has 3 heterocycles. The van der Waals surface area contributed by atoms with Gasteiger partial charge in [-0.05, 0) is 70.1 Å². The summed E-state index contributed by atoms with van der Waals surface area (Å²) in [5.74, 6) is 0. The number of rotatable bonds is 5. The van der Waals surface area contributed by atoms with E-state index in [-0.39, 0.29) is 0 Å². The Bertz CT molecular complexity index is 3490. The molecule has 1 N–H and O–H groups in total. The summed E-state index contributed by atoms with van der Waals surface area (Å²) in [4.78, 5) is 0. The van der Waals surface area contributed by atoms with E-state index in [1.54, 1.807) is 0 Å². The lowest BCUT2D eigenvalue weighted by atomic mass is 9.97. The summed E-state index contributed by atoms with van der Waals surface area (Å²) in [7, 11) is 0. The van der Waals surface area contributed by atoms with Gasteiger partial charge in [0.2, 0.25) is 0 Å². The predicted molar refractivity (Wildman–Crippen MR) is 237 cm³/mol. The summed E-state index contributed by atoms with van der Waals surface area (Å²) in [6.45, 7) is 0. The molecule has 0 spiro atoms. The predicted octanol–water partition coefficient (Wildman–Crippen LogP) is 15.8. The van der Waals surface area contributed by atoms with E-state index in [2.05, 4.69) is 175 Å². The van der Waals surface area contributed by atoms with Gasteiger partial charge in [0.25, 0.3) is 0 Å². The minimum Gasteiger partial charge on any atom is -0.455 e. The van der Waals surface area contributed by atoms with Crippen LogP contribution in [0.4, 0.5) is 11.4 Å². The van der Waals surface area contributed by atoms with Gasteiger partial charge in [0, 0.05) is 69.6 Å². The van der Waals surface area contributed by atoms with E-state index in [1.807, 2.05) is 23.5 Å². The molecule has 12 aromatic rings. The van der Waals surface area contributed by atoms with E-state index in [9.17, 15) is 0 Å². The lowest BCUT2D eigenvalue weighted by Crippen LogP contribution is -1.92. The van der Waals surface area contributed by atoms with Gasteiger partial charge in [-0.15, -0.1) is 11.3 Å². The van der Waals surface area contributed by atoms with Crippen LogP contribution in [0.15, 0.2) is 191 Å². The largest absolute Gasteiger partial charge is 0.455 e. The first kappa shape index (κ1) is 31.2. The third-order valence-corrected chi connectivity index (χ3v) is 12.5. The molecule has 0 radical (unpaired) electrons. The van der Waals surface area contributed by atoms with Gasteiger partial charge in [0.1, 0.15) is 22.3 Å². The first-order valence-corrected chi connectivity index (χ1v) is 19.7. The Balaban J connectivity index is 0.961. The molecule has 0 aliphatic heterocycles. The molecule has 56 heavy (non-hydrogen) atoms. The maximum absolute atomic E-state index is 6.85. The third-order valence-electron chi connectivity index (χ3n) is 11.3. The quantitative estimate of drug-likeness (QED) is 0.191. The van der Waals surface area contributed by atoms with Crippen molar-refractivity contribution >= 4 is 97.5 Å². The van der Waals surface area contributed by atoms with Crippen LogP contribution in [-0.4, -0.2) is 0 Å². The zero-order valence-electron chi connectivity index (χ0n) is 30.0. The Kier molecular flexibility index (Phi) is 6.80. The zero-order chi connectivity index (χ0) is 36.7. The number of thiophene rings is 1. The summed E-state index contributed by atoms with van der Waals surface area (Å²) >= 11 is 1.86. The third kappa shape index (κ3) is 4.83. The molecule has 0 aliphatic rings. The smallest absolute Gasteiger partial charge is 0.143 e. The number of hydrogen-bond donors (Lipinski definition) is 1. The standard InChI is InChI=1S/C52H31NO2S/c1-2-10-37-31(9-1)25-28-43-46-30-36(53-35-26-23-32(24-27-35)38-13-7-15-42-40-11-3-5-17-47(40)54-49(38)42)29-45(51(46)55-50(37)43)34-21-19-33(20-22-34)39-14-8-16-44-41-12-4-6-18-48(41)56-52(39)44/h1-30,53H. The number of para-hydroxylation sites is 2. The molecular formula is C52H31NO2S. The normalized spacial score (nSPS) is 11.9. The summed E-state index contributed by atoms with van der Waals surface area (Å²) < 4.78 is 15.8. The fraction of sp³-hybridized carbons (Fsp3) is 0. The van der Waals surface area contributed by atoms with Gasteiger partial charge in [-0.1, -0.05) is 140 Å². The zero-order valence-corrected chi connectivity index (χ0v) is 30.9. The Morgan fingerprint density at radius 3 is 1.84 bits per heavy atom. The molecule has 0 aliphatic carbocycles. The first-order chi connectivity index (χ1) is 27.7. The van der Waals surface area contributed by atoms with E-state index in [1.165, 1.54) is 31.3 Å². The average molecular weight is 734 g/mol. The van der Waals surface area contributed by atoms with Crippen molar-refractivity contribution in [3.8, 4) is 33.4 Å². The van der Waals surface area contributed by atoms with Gasteiger partial charge in [-0.3, -0.25) is 0 Å². The van der Waals surface area contributed by atoms with Gasteiger partial charge >= 0.3 is 0 Å². The molecule has 0 fully saturated rings. The van der Waals surface area contributed by atoms with Crippen LogP contribution in [0.2, 0.25) is 0 Å². The van der Waals surface area contributed by atoms with Crippen LogP contribution in [0.1, 0.15) is 0 Å². The molecule has 0 saturated heterocycles. The lowest BCUT2D eigenvalue weighted by molar-refractivity contribution is 0.670. The van der Waals surface area contributed by atoms with E-state index >= 15 is 0 Å². The Labute approximate surface area is 325 Å². The van der Waals surface area contributed by atoms with Crippen LogP contribution in [0.5, 0.6) is 0 Å². The van der Waals surface area contributed by atoms with Crippen molar-refractivity contribution in [2.24, 2.45) is 0 Å².